The van der Waals surface area contributed by atoms with Crippen molar-refractivity contribution in [2.75, 3.05) is 12.8 Å². The third-order valence-electron chi connectivity index (χ3n) is 2.24. The minimum atomic E-state index is 0.0859. The number of hydrogen-bond donors (Lipinski definition) is 1. The first-order valence-corrected chi connectivity index (χ1v) is 4.83. The van der Waals surface area contributed by atoms with Crippen molar-refractivity contribution in [3.63, 3.8) is 0 Å². The van der Waals surface area contributed by atoms with Gasteiger partial charge >= 0.3 is 0 Å². The van der Waals surface area contributed by atoms with Gasteiger partial charge in [-0.2, -0.15) is 0 Å². The van der Waals surface area contributed by atoms with E-state index < -0.39 is 0 Å². The summed E-state index contributed by atoms with van der Waals surface area (Å²) in [4.78, 5) is 0. The Hall–Kier alpha value is -1.02. The Morgan fingerprint density at radius 1 is 1.29 bits per heavy atom. The molecule has 0 unspecified atom stereocenters. The molecule has 1 aromatic rings. The summed E-state index contributed by atoms with van der Waals surface area (Å²) in [6.07, 6.45) is 0.0889. The molecule has 1 rings (SSSR count). The average molecular weight is 193 g/mol. The van der Waals surface area contributed by atoms with Crippen LogP contribution in [-0.2, 0) is 4.74 Å². The molecule has 2 heteroatoms. The molecule has 0 aliphatic carbocycles. The van der Waals surface area contributed by atoms with Crippen LogP contribution in [0.1, 0.15) is 32.4 Å². The highest BCUT2D eigenvalue weighted by atomic mass is 16.5. The lowest BCUT2D eigenvalue weighted by Crippen LogP contribution is -2.20. The SMILES string of the molecule is CO[C@H](c1cccc(N)c1)C(C)(C)C. The van der Waals surface area contributed by atoms with Gasteiger partial charge in [-0.3, -0.25) is 0 Å². The Balaban J connectivity index is 3.01. The predicted molar refractivity (Wildman–Crippen MR) is 60.1 cm³/mol. The van der Waals surface area contributed by atoms with Gasteiger partial charge in [0.2, 0.25) is 0 Å². The lowest BCUT2D eigenvalue weighted by atomic mass is 9.84. The molecule has 0 bridgehead atoms. The van der Waals surface area contributed by atoms with Crippen molar-refractivity contribution < 1.29 is 4.74 Å². The summed E-state index contributed by atoms with van der Waals surface area (Å²) in [5.74, 6) is 0. The van der Waals surface area contributed by atoms with Crippen LogP contribution >= 0.6 is 0 Å². The molecule has 2 N–H and O–H groups in total. The Kier molecular flexibility index (Phi) is 3.17. The highest BCUT2D eigenvalue weighted by Gasteiger charge is 2.25. The molecule has 0 spiro atoms. The number of nitrogens with two attached hydrogens (primary N) is 1. The third-order valence-corrected chi connectivity index (χ3v) is 2.24. The molecule has 0 radical (unpaired) electrons. The van der Waals surface area contributed by atoms with Crippen LogP contribution in [0.5, 0.6) is 0 Å². The highest BCUT2D eigenvalue weighted by molar-refractivity contribution is 5.41. The summed E-state index contributed by atoms with van der Waals surface area (Å²) >= 11 is 0. The molecule has 0 aromatic heterocycles. The molecule has 0 saturated carbocycles. The smallest absolute Gasteiger partial charge is 0.0870 e. The van der Waals surface area contributed by atoms with Crippen molar-refractivity contribution in [1.82, 2.24) is 0 Å². The summed E-state index contributed by atoms with van der Waals surface area (Å²) in [5.41, 5.74) is 7.75. The summed E-state index contributed by atoms with van der Waals surface area (Å²) in [6.45, 7) is 6.47. The monoisotopic (exact) mass is 193 g/mol. The zero-order valence-corrected chi connectivity index (χ0v) is 9.37. The number of rotatable bonds is 2. The summed E-state index contributed by atoms with van der Waals surface area (Å²) in [5, 5.41) is 0. The van der Waals surface area contributed by atoms with Gasteiger partial charge in [0.1, 0.15) is 0 Å². The molecule has 0 heterocycles. The first-order valence-electron chi connectivity index (χ1n) is 4.83. The van der Waals surface area contributed by atoms with Crippen LogP contribution in [0.4, 0.5) is 5.69 Å². The van der Waals surface area contributed by atoms with Crippen LogP contribution in [0, 0.1) is 5.41 Å². The van der Waals surface area contributed by atoms with Crippen LogP contribution in [0.15, 0.2) is 24.3 Å². The standard InChI is InChI=1S/C12H19NO/c1-12(2,3)11(14-4)9-6-5-7-10(13)8-9/h5-8,11H,13H2,1-4H3/t11-/m1/s1. The van der Waals surface area contributed by atoms with E-state index in [1.54, 1.807) is 7.11 Å². The molecule has 0 aliphatic rings. The van der Waals surface area contributed by atoms with E-state index in [-0.39, 0.29) is 11.5 Å². The van der Waals surface area contributed by atoms with Gasteiger partial charge in [0.25, 0.3) is 0 Å². The van der Waals surface area contributed by atoms with Crippen molar-refractivity contribution in [3.8, 4) is 0 Å². The maximum absolute atomic E-state index is 5.74. The third kappa shape index (κ3) is 2.48. The maximum atomic E-state index is 5.74. The fraction of sp³-hybridized carbons (Fsp3) is 0.500. The van der Waals surface area contributed by atoms with Gasteiger partial charge in [0.05, 0.1) is 6.10 Å². The van der Waals surface area contributed by atoms with Crippen LogP contribution in [-0.4, -0.2) is 7.11 Å². The largest absolute Gasteiger partial charge is 0.399 e. The second-order valence-corrected chi connectivity index (χ2v) is 4.65. The predicted octanol–water partition coefficient (Wildman–Crippen LogP) is 3.00. The van der Waals surface area contributed by atoms with E-state index >= 15 is 0 Å². The minimum absolute atomic E-state index is 0.0859. The Bertz CT molecular complexity index is 301. The van der Waals surface area contributed by atoms with E-state index in [1.165, 1.54) is 0 Å². The van der Waals surface area contributed by atoms with Gasteiger partial charge in [-0.25, -0.2) is 0 Å². The Morgan fingerprint density at radius 2 is 1.93 bits per heavy atom. The van der Waals surface area contributed by atoms with Crippen LogP contribution < -0.4 is 5.73 Å². The Labute approximate surface area is 86.1 Å². The number of methoxy groups -OCH3 is 1. The maximum Gasteiger partial charge on any atom is 0.0870 e. The van der Waals surface area contributed by atoms with Gasteiger partial charge < -0.3 is 10.5 Å². The van der Waals surface area contributed by atoms with Gasteiger partial charge in [-0.15, -0.1) is 0 Å². The summed E-state index contributed by atoms with van der Waals surface area (Å²) in [6, 6.07) is 7.87. The first-order chi connectivity index (χ1) is 6.45. The molecule has 1 atom stereocenters. The number of nitrogen functional groups attached to an aromatic ring is 1. The number of hydrogen-bond acceptors (Lipinski definition) is 2. The van der Waals surface area contributed by atoms with E-state index in [1.807, 2.05) is 18.2 Å². The molecule has 0 saturated heterocycles. The molecule has 0 fully saturated rings. The van der Waals surface area contributed by atoms with Gasteiger partial charge in [-0.1, -0.05) is 32.9 Å². The summed E-state index contributed by atoms with van der Waals surface area (Å²) in [7, 11) is 1.74. The number of benzene rings is 1. The van der Waals surface area contributed by atoms with E-state index in [0.717, 1.165) is 11.3 Å². The topological polar surface area (TPSA) is 35.2 Å². The molecule has 0 amide bonds. The van der Waals surface area contributed by atoms with E-state index in [9.17, 15) is 0 Å². The second-order valence-electron chi connectivity index (χ2n) is 4.65. The first kappa shape index (κ1) is 11.1. The highest BCUT2D eigenvalue weighted by Crippen LogP contribution is 2.35. The van der Waals surface area contributed by atoms with E-state index in [2.05, 4.69) is 26.8 Å². The van der Waals surface area contributed by atoms with Crippen LogP contribution in [0.2, 0.25) is 0 Å². The van der Waals surface area contributed by atoms with Crippen LogP contribution in [0.3, 0.4) is 0 Å². The van der Waals surface area contributed by atoms with E-state index in [4.69, 9.17) is 10.5 Å². The van der Waals surface area contributed by atoms with Crippen molar-refractivity contribution in [2.45, 2.75) is 26.9 Å². The lowest BCUT2D eigenvalue weighted by Gasteiger charge is -2.29. The molecule has 2 nitrogen and oxygen atoms in total. The molecule has 0 aliphatic heterocycles. The quantitative estimate of drug-likeness (QED) is 0.733. The minimum Gasteiger partial charge on any atom is -0.399 e. The van der Waals surface area contributed by atoms with Gasteiger partial charge in [0, 0.05) is 12.8 Å². The molecular formula is C12H19NO. The molecule has 14 heavy (non-hydrogen) atoms. The summed E-state index contributed by atoms with van der Waals surface area (Å²) < 4.78 is 5.50. The lowest BCUT2D eigenvalue weighted by molar-refractivity contribution is 0.0152. The van der Waals surface area contributed by atoms with Crippen molar-refractivity contribution in [1.29, 1.82) is 0 Å². The second kappa shape index (κ2) is 4.01. The average Bonchev–Trinajstić information content (AvgIpc) is 2.02. The van der Waals surface area contributed by atoms with Crippen molar-refractivity contribution in [2.24, 2.45) is 5.41 Å². The zero-order valence-electron chi connectivity index (χ0n) is 9.37. The number of anilines is 1. The fourth-order valence-electron chi connectivity index (χ4n) is 1.71. The van der Waals surface area contributed by atoms with E-state index in [0.29, 0.717) is 0 Å². The number of ether oxygens (including phenoxy) is 1. The normalized spacial score (nSPS) is 14.0. The van der Waals surface area contributed by atoms with Crippen molar-refractivity contribution in [3.05, 3.63) is 29.8 Å². The van der Waals surface area contributed by atoms with Gasteiger partial charge in [0.15, 0.2) is 0 Å². The zero-order chi connectivity index (χ0) is 10.8. The van der Waals surface area contributed by atoms with Gasteiger partial charge in [-0.05, 0) is 23.1 Å². The molecule has 78 valence electrons. The van der Waals surface area contributed by atoms with Crippen LogP contribution in [0.25, 0.3) is 0 Å². The Morgan fingerprint density at radius 3 is 2.36 bits per heavy atom. The fourth-order valence-corrected chi connectivity index (χ4v) is 1.71. The van der Waals surface area contributed by atoms with Crippen molar-refractivity contribution >= 4 is 5.69 Å². The molecular weight excluding hydrogens is 174 g/mol. The molecule has 1 aromatic carbocycles.